The van der Waals surface area contributed by atoms with Crippen molar-refractivity contribution in [3.05, 3.63) is 39.3 Å². The van der Waals surface area contributed by atoms with Crippen molar-refractivity contribution >= 4 is 35.6 Å². The Balaban J connectivity index is 1.85. The number of nitrogens with one attached hydrogen (secondary N) is 1. The Morgan fingerprint density at radius 3 is 2.35 bits per heavy atom. The molecule has 0 amide bonds. The lowest BCUT2D eigenvalue weighted by Gasteiger charge is -2.32. The molecular formula is C23H33BN2O4S. The van der Waals surface area contributed by atoms with E-state index >= 15 is 0 Å². The van der Waals surface area contributed by atoms with Crippen molar-refractivity contribution in [1.82, 2.24) is 4.98 Å². The lowest BCUT2D eigenvalue weighted by Crippen LogP contribution is -2.41. The maximum atomic E-state index is 12.3. The summed E-state index contributed by atoms with van der Waals surface area (Å²) >= 11 is 1.40. The molecule has 3 rings (SSSR count). The van der Waals surface area contributed by atoms with Crippen LogP contribution >= 0.6 is 11.3 Å². The molecule has 1 saturated heterocycles. The first-order chi connectivity index (χ1) is 14.3. The molecular weight excluding hydrogens is 411 g/mol. The Bertz CT molecular complexity index is 962. The molecule has 0 unspecified atom stereocenters. The predicted molar refractivity (Wildman–Crippen MR) is 126 cm³/mol. The summed E-state index contributed by atoms with van der Waals surface area (Å²) in [6.45, 7) is 16.9. The van der Waals surface area contributed by atoms with Gasteiger partial charge in [-0.1, -0.05) is 32.9 Å². The molecule has 1 aliphatic rings. The van der Waals surface area contributed by atoms with E-state index in [1.165, 1.54) is 18.4 Å². The first-order valence-electron chi connectivity index (χ1n) is 10.5. The molecule has 1 N–H and O–H groups in total. The molecule has 1 fully saturated rings. The predicted octanol–water partition coefficient (Wildman–Crippen LogP) is 4.45. The standard InChI is InChI=1S/C23H33BN2O4S/c1-14-15(24-29-22(5,6)23(7,8)30-24)11-10-12-16(14)25-13-17-18(19(27)28-9)31-20(26-17)21(2,3)4/h10-12,25H,13H2,1-9H3. The van der Waals surface area contributed by atoms with Gasteiger partial charge in [-0.05, 0) is 51.7 Å². The number of thiazole rings is 1. The van der Waals surface area contributed by atoms with Gasteiger partial charge in [0.15, 0.2) is 0 Å². The minimum atomic E-state index is -0.427. The fourth-order valence-corrected chi connectivity index (χ4v) is 4.35. The Morgan fingerprint density at radius 1 is 1.19 bits per heavy atom. The van der Waals surface area contributed by atoms with Gasteiger partial charge in [0.1, 0.15) is 4.88 Å². The number of methoxy groups -OCH3 is 1. The number of benzene rings is 1. The number of hydrogen-bond donors (Lipinski definition) is 1. The van der Waals surface area contributed by atoms with Crippen molar-refractivity contribution < 1.29 is 18.8 Å². The van der Waals surface area contributed by atoms with Crippen molar-refractivity contribution in [2.24, 2.45) is 0 Å². The van der Waals surface area contributed by atoms with Gasteiger partial charge in [0.05, 0.1) is 35.6 Å². The maximum Gasteiger partial charge on any atom is 0.495 e. The van der Waals surface area contributed by atoms with E-state index in [1.807, 2.05) is 52.8 Å². The second kappa shape index (κ2) is 8.22. The van der Waals surface area contributed by atoms with Crippen molar-refractivity contribution in [2.75, 3.05) is 12.4 Å². The molecule has 2 aromatic rings. The summed E-state index contributed by atoms with van der Waals surface area (Å²) < 4.78 is 17.4. The van der Waals surface area contributed by atoms with Crippen LogP contribution in [0.5, 0.6) is 0 Å². The third kappa shape index (κ3) is 4.66. The van der Waals surface area contributed by atoms with Gasteiger partial charge in [-0.25, -0.2) is 9.78 Å². The van der Waals surface area contributed by atoms with Crippen molar-refractivity contribution in [1.29, 1.82) is 0 Å². The van der Waals surface area contributed by atoms with Crippen LogP contribution in [-0.4, -0.2) is 36.4 Å². The van der Waals surface area contributed by atoms with Crippen LogP contribution in [0.15, 0.2) is 18.2 Å². The number of carbonyl (C=O) groups excluding carboxylic acids is 1. The van der Waals surface area contributed by atoms with Gasteiger partial charge >= 0.3 is 13.1 Å². The van der Waals surface area contributed by atoms with Gasteiger partial charge in [0, 0.05) is 11.1 Å². The molecule has 0 spiro atoms. The van der Waals surface area contributed by atoms with E-state index in [2.05, 4.69) is 26.1 Å². The number of hydrogen-bond acceptors (Lipinski definition) is 7. The average molecular weight is 444 g/mol. The quantitative estimate of drug-likeness (QED) is 0.543. The van der Waals surface area contributed by atoms with Crippen LogP contribution in [0.4, 0.5) is 5.69 Å². The van der Waals surface area contributed by atoms with E-state index in [4.69, 9.17) is 19.0 Å². The second-order valence-corrected chi connectivity index (χ2v) is 11.0. The summed E-state index contributed by atoms with van der Waals surface area (Å²) in [5, 5.41) is 4.35. The Kier molecular flexibility index (Phi) is 6.30. The van der Waals surface area contributed by atoms with Crippen LogP contribution < -0.4 is 10.8 Å². The second-order valence-electron chi connectivity index (χ2n) is 10.00. The number of aromatic nitrogens is 1. The number of ether oxygens (including phenoxy) is 1. The summed E-state index contributed by atoms with van der Waals surface area (Å²) in [7, 11) is 0.970. The summed E-state index contributed by atoms with van der Waals surface area (Å²) in [5.74, 6) is -0.354. The molecule has 0 radical (unpaired) electrons. The van der Waals surface area contributed by atoms with Crippen LogP contribution in [-0.2, 0) is 26.0 Å². The molecule has 2 heterocycles. The first kappa shape index (κ1) is 23.8. The fourth-order valence-electron chi connectivity index (χ4n) is 3.29. The molecule has 31 heavy (non-hydrogen) atoms. The van der Waals surface area contributed by atoms with E-state index in [-0.39, 0.29) is 11.4 Å². The van der Waals surface area contributed by atoms with Crippen LogP contribution in [0.2, 0.25) is 0 Å². The van der Waals surface area contributed by atoms with Crippen LogP contribution in [0.25, 0.3) is 0 Å². The van der Waals surface area contributed by atoms with E-state index in [1.54, 1.807) is 0 Å². The number of carbonyl (C=O) groups is 1. The third-order valence-corrected chi connectivity index (χ3v) is 7.54. The number of nitrogens with zero attached hydrogens (tertiary/aromatic N) is 1. The monoisotopic (exact) mass is 444 g/mol. The molecule has 168 valence electrons. The lowest BCUT2D eigenvalue weighted by molar-refractivity contribution is 0.00578. The van der Waals surface area contributed by atoms with Crippen molar-refractivity contribution in [2.45, 2.75) is 78.6 Å². The molecule has 0 aliphatic carbocycles. The van der Waals surface area contributed by atoms with Crippen LogP contribution in [0.1, 0.15) is 74.4 Å². The Morgan fingerprint density at radius 2 is 1.81 bits per heavy atom. The highest BCUT2D eigenvalue weighted by Gasteiger charge is 2.52. The van der Waals surface area contributed by atoms with Gasteiger partial charge < -0.3 is 19.4 Å². The van der Waals surface area contributed by atoms with Crippen LogP contribution in [0.3, 0.4) is 0 Å². The molecule has 1 aliphatic heterocycles. The van der Waals surface area contributed by atoms with E-state index in [0.29, 0.717) is 17.1 Å². The first-order valence-corrected chi connectivity index (χ1v) is 11.4. The van der Waals surface area contributed by atoms with Gasteiger partial charge in [0.2, 0.25) is 0 Å². The van der Waals surface area contributed by atoms with E-state index in [0.717, 1.165) is 21.7 Å². The topological polar surface area (TPSA) is 69.7 Å². The average Bonchev–Trinajstić information content (AvgIpc) is 3.18. The largest absolute Gasteiger partial charge is 0.495 e. The Hall–Kier alpha value is -1.90. The van der Waals surface area contributed by atoms with Crippen LogP contribution in [0, 0.1) is 6.92 Å². The highest BCUT2D eigenvalue weighted by atomic mass is 32.1. The molecule has 1 aromatic carbocycles. The molecule has 6 nitrogen and oxygen atoms in total. The minimum Gasteiger partial charge on any atom is -0.465 e. The third-order valence-electron chi connectivity index (χ3n) is 6.04. The van der Waals surface area contributed by atoms with Gasteiger partial charge in [-0.15, -0.1) is 11.3 Å². The molecule has 8 heteroatoms. The number of esters is 1. The summed E-state index contributed by atoms with van der Waals surface area (Å²) in [6.07, 6.45) is 0. The highest BCUT2D eigenvalue weighted by molar-refractivity contribution is 7.13. The SMILES string of the molecule is COC(=O)c1sc(C(C)(C)C)nc1CNc1cccc(B2OC(C)(C)C(C)(C)O2)c1C. The molecule has 0 bridgehead atoms. The zero-order valence-electron chi connectivity index (χ0n) is 20.0. The van der Waals surface area contributed by atoms with E-state index in [9.17, 15) is 4.79 Å². The van der Waals surface area contributed by atoms with Gasteiger partial charge in [-0.2, -0.15) is 0 Å². The fraction of sp³-hybridized carbons (Fsp3) is 0.565. The van der Waals surface area contributed by atoms with E-state index < -0.39 is 18.3 Å². The lowest BCUT2D eigenvalue weighted by atomic mass is 9.76. The van der Waals surface area contributed by atoms with Crippen molar-refractivity contribution in [3.8, 4) is 0 Å². The zero-order chi connectivity index (χ0) is 23.2. The minimum absolute atomic E-state index is 0.141. The molecule has 0 saturated carbocycles. The van der Waals surface area contributed by atoms with Gasteiger partial charge in [-0.3, -0.25) is 0 Å². The highest BCUT2D eigenvalue weighted by Crippen LogP contribution is 2.37. The molecule has 1 aromatic heterocycles. The van der Waals surface area contributed by atoms with Gasteiger partial charge in [0.25, 0.3) is 0 Å². The zero-order valence-corrected chi connectivity index (χ0v) is 20.8. The number of anilines is 1. The van der Waals surface area contributed by atoms with Crippen molar-refractivity contribution in [3.63, 3.8) is 0 Å². The maximum absolute atomic E-state index is 12.3. The summed E-state index contributed by atoms with van der Waals surface area (Å²) in [5.41, 5.74) is 2.76. The normalized spacial score (nSPS) is 17.6. The summed E-state index contributed by atoms with van der Waals surface area (Å²) in [4.78, 5) is 17.6. The smallest absolute Gasteiger partial charge is 0.465 e. The number of rotatable bonds is 5. The molecule has 0 atom stereocenters. The Labute approximate surface area is 189 Å². The summed E-state index contributed by atoms with van der Waals surface area (Å²) in [6, 6.07) is 6.03.